The Morgan fingerprint density at radius 2 is 2.13 bits per heavy atom. The van der Waals surface area contributed by atoms with Crippen LogP contribution in [0.15, 0.2) is 17.8 Å². The van der Waals surface area contributed by atoms with Crippen molar-refractivity contribution < 1.29 is 9.59 Å². The van der Waals surface area contributed by atoms with Gasteiger partial charge in [-0.2, -0.15) is 0 Å². The molecule has 0 atom stereocenters. The number of carbonyl (C=O) groups excluding carboxylic acids is 2. The summed E-state index contributed by atoms with van der Waals surface area (Å²) in [6.07, 6.45) is 6.30. The summed E-state index contributed by atoms with van der Waals surface area (Å²) in [6, 6.07) is -0.185. The quantitative estimate of drug-likeness (QED) is 0.587. The lowest BCUT2D eigenvalue weighted by molar-refractivity contribution is -0.119. The fourth-order valence-corrected chi connectivity index (χ4v) is 3.45. The van der Waals surface area contributed by atoms with Crippen LogP contribution in [0.2, 0.25) is 0 Å². The summed E-state index contributed by atoms with van der Waals surface area (Å²) < 4.78 is 1.93. The molecule has 0 spiro atoms. The summed E-state index contributed by atoms with van der Waals surface area (Å²) in [5.74, 6) is 1.07. The molecule has 0 radical (unpaired) electrons. The Hall–Kier alpha value is -1.83. The van der Waals surface area contributed by atoms with Crippen LogP contribution in [0.5, 0.6) is 0 Å². The van der Waals surface area contributed by atoms with Crippen LogP contribution in [-0.2, 0) is 11.3 Å². The highest BCUT2D eigenvalue weighted by Crippen LogP contribution is 2.18. The van der Waals surface area contributed by atoms with Crippen LogP contribution in [-0.4, -0.2) is 38.5 Å². The molecule has 2 rings (SSSR count). The molecule has 8 heteroatoms. The first kappa shape index (κ1) is 17.5. The highest BCUT2D eigenvalue weighted by molar-refractivity contribution is 7.99. The molecule has 126 valence electrons. The Morgan fingerprint density at radius 1 is 1.39 bits per heavy atom. The minimum Gasteiger partial charge on any atom is -0.335 e. The van der Waals surface area contributed by atoms with Crippen molar-refractivity contribution in [3.8, 4) is 0 Å². The molecule has 1 aromatic heterocycles. The van der Waals surface area contributed by atoms with Gasteiger partial charge < -0.3 is 9.88 Å². The molecule has 1 aliphatic carbocycles. The van der Waals surface area contributed by atoms with E-state index in [-0.39, 0.29) is 18.4 Å². The molecule has 1 aromatic rings. The van der Waals surface area contributed by atoms with Gasteiger partial charge in [0.15, 0.2) is 5.16 Å². The van der Waals surface area contributed by atoms with Crippen LogP contribution in [0.3, 0.4) is 0 Å². The van der Waals surface area contributed by atoms with Crippen LogP contribution in [0.25, 0.3) is 0 Å². The molecule has 0 bridgehead atoms. The van der Waals surface area contributed by atoms with Gasteiger partial charge in [0.1, 0.15) is 5.82 Å². The van der Waals surface area contributed by atoms with Crippen molar-refractivity contribution in [3.63, 3.8) is 0 Å². The number of thioether (sulfide) groups is 1. The fourth-order valence-electron chi connectivity index (χ4n) is 2.52. The van der Waals surface area contributed by atoms with Crippen molar-refractivity contribution in [3.05, 3.63) is 18.5 Å². The molecule has 1 fully saturated rings. The predicted molar refractivity (Wildman–Crippen MR) is 89.2 cm³/mol. The molecular formula is C15H23N5O2S. The number of rotatable bonds is 7. The van der Waals surface area contributed by atoms with Crippen LogP contribution in [0, 0.1) is 6.92 Å². The highest BCUT2D eigenvalue weighted by atomic mass is 32.2. The van der Waals surface area contributed by atoms with E-state index in [1.54, 1.807) is 6.08 Å². The number of urea groups is 1. The van der Waals surface area contributed by atoms with Crippen molar-refractivity contribution in [2.24, 2.45) is 0 Å². The number of hydrogen-bond acceptors (Lipinski definition) is 5. The summed E-state index contributed by atoms with van der Waals surface area (Å²) in [7, 11) is 0. The van der Waals surface area contributed by atoms with Gasteiger partial charge in [-0.05, 0) is 19.8 Å². The zero-order valence-corrected chi connectivity index (χ0v) is 14.2. The van der Waals surface area contributed by atoms with E-state index in [1.165, 1.54) is 11.8 Å². The number of nitrogens with zero attached hydrogens (tertiary/aromatic N) is 3. The molecular weight excluding hydrogens is 314 g/mol. The maximum Gasteiger partial charge on any atom is 0.321 e. The monoisotopic (exact) mass is 337 g/mol. The molecule has 0 aromatic carbocycles. The number of aryl methyl sites for hydroxylation is 1. The average molecular weight is 337 g/mol. The standard InChI is InChI=1S/C15H23N5O2S/c1-3-9-20-11(2)18-19-15(20)23-10-8-13(21)17-14(22)16-12-6-4-5-7-12/h3,12H,1,4-10H2,2H3,(H2,16,17,21,22). The van der Waals surface area contributed by atoms with Crippen molar-refractivity contribution in [1.82, 2.24) is 25.4 Å². The van der Waals surface area contributed by atoms with Gasteiger partial charge in [-0.3, -0.25) is 10.1 Å². The molecule has 0 unspecified atom stereocenters. The van der Waals surface area contributed by atoms with Crippen LogP contribution in [0.1, 0.15) is 37.9 Å². The lowest BCUT2D eigenvalue weighted by Gasteiger charge is -2.12. The summed E-state index contributed by atoms with van der Waals surface area (Å²) in [4.78, 5) is 23.5. The second-order valence-corrected chi connectivity index (χ2v) is 6.59. The maximum absolute atomic E-state index is 11.8. The molecule has 3 amide bonds. The minimum atomic E-state index is -0.391. The van der Waals surface area contributed by atoms with E-state index in [0.717, 1.165) is 36.7 Å². The van der Waals surface area contributed by atoms with Crippen LogP contribution in [0.4, 0.5) is 4.79 Å². The van der Waals surface area contributed by atoms with Crippen molar-refractivity contribution in [1.29, 1.82) is 0 Å². The van der Waals surface area contributed by atoms with E-state index >= 15 is 0 Å². The van der Waals surface area contributed by atoms with E-state index in [1.807, 2.05) is 11.5 Å². The second-order valence-electron chi connectivity index (χ2n) is 5.53. The SMILES string of the molecule is C=CCn1c(C)nnc1SCCC(=O)NC(=O)NC1CCCC1. The Labute approximate surface area is 140 Å². The third-order valence-electron chi connectivity index (χ3n) is 3.72. The molecule has 0 saturated heterocycles. The van der Waals surface area contributed by atoms with Gasteiger partial charge in [-0.1, -0.05) is 30.7 Å². The van der Waals surface area contributed by atoms with Gasteiger partial charge in [-0.15, -0.1) is 16.8 Å². The molecule has 7 nitrogen and oxygen atoms in total. The molecule has 1 heterocycles. The molecule has 0 aliphatic heterocycles. The molecule has 2 N–H and O–H groups in total. The van der Waals surface area contributed by atoms with Gasteiger partial charge in [-0.25, -0.2) is 4.79 Å². The smallest absolute Gasteiger partial charge is 0.321 e. The lowest BCUT2D eigenvalue weighted by Crippen LogP contribution is -2.43. The number of nitrogens with one attached hydrogen (secondary N) is 2. The van der Waals surface area contributed by atoms with Gasteiger partial charge in [0.2, 0.25) is 5.91 Å². The largest absolute Gasteiger partial charge is 0.335 e. The van der Waals surface area contributed by atoms with Gasteiger partial charge in [0, 0.05) is 24.8 Å². The molecule has 1 saturated carbocycles. The average Bonchev–Trinajstić information content (AvgIpc) is 3.11. The summed E-state index contributed by atoms with van der Waals surface area (Å²) in [6.45, 7) is 6.22. The van der Waals surface area contributed by atoms with Crippen molar-refractivity contribution >= 4 is 23.7 Å². The Balaban J connectivity index is 1.70. The lowest BCUT2D eigenvalue weighted by atomic mass is 10.2. The topological polar surface area (TPSA) is 88.9 Å². The maximum atomic E-state index is 11.8. The first-order chi connectivity index (χ1) is 11.1. The van der Waals surface area contributed by atoms with Gasteiger partial charge in [0.25, 0.3) is 0 Å². The summed E-state index contributed by atoms with van der Waals surface area (Å²) in [5.41, 5.74) is 0. The third-order valence-corrected chi connectivity index (χ3v) is 4.69. The number of allylic oxidation sites excluding steroid dienone is 1. The summed E-state index contributed by atoms with van der Waals surface area (Å²) >= 11 is 1.45. The zero-order chi connectivity index (χ0) is 16.7. The van der Waals surface area contributed by atoms with Crippen LogP contribution < -0.4 is 10.6 Å². The minimum absolute atomic E-state index is 0.206. The molecule has 23 heavy (non-hydrogen) atoms. The van der Waals surface area contributed by atoms with Crippen molar-refractivity contribution in [2.45, 2.75) is 56.8 Å². The van der Waals surface area contributed by atoms with E-state index in [0.29, 0.717) is 12.3 Å². The van der Waals surface area contributed by atoms with E-state index in [9.17, 15) is 9.59 Å². The first-order valence-electron chi connectivity index (χ1n) is 7.84. The number of hydrogen-bond donors (Lipinski definition) is 2. The number of aromatic nitrogens is 3. The second kappa shape index (κ2) is 8.71. The number of amides is 3. The van der Waals surface area contributed by atoms with E-state index in [4.69, 9.17) is 0 Å². The fraction of sp³-hybridized carbons (Fsp3) is 0.600. The van der Waals surface area contributed by atoms with Gasteiger partial charge >= 0.3 is 6.03 Å². The zero-order valence-electron chi connectivity index (χ0n) is 13.4. The third kappa shape index (κ3) is 5.38. The Bertz CT molecular complexity index is 566. The number of imide groups is 1. The predicted octanol–water partition coefficient (Wildman–Crippen LogP) is 2.02. The first-order valence-corrected chi connectivity index (χ1v) is 8.82. The normalized spacial score (nSPS) is 14.7. The summed E-state index contributed by atoms with van der Waals surface area (Å²) in [5, 5.41) is 14.1. The number of carbonyl (C=O) groups is 2. The van der Waals surface area contributed by atoms with E-state index < -0.39 is 6.03 Å². The van der Waals surface area contributed by atoms with Gasteiger partial charge in [0.05, 0.1) is 0 Å². The molecule has 1 aliphatic rings. The highest BCUT2D eigenvalue weighted by Gasteiger charge is 2.18. The van der Waals surface area contributed by atoms with Crippen molar-refractivity contribution in [2.75, 3.05) is 5.75 Å². The Morgan fingerprint density at radius 3 is 2.83 bits per heavy atom. The Kier molecular flexibility index (Phi) is 6.64. The van der Waals surface area contributed by atoms with Crippen LogP contribution >= 0.6 is 11.8 Å². The van der Waals surface area contributed by atoms with E-state index in [2.05, 4.69) is 27.4 Å².